The molecule has 0 fully saturated rings. The Morgan fingerprint density at radius 2 is 1.64 bits per heavy atom. The van der Waals surface area contributed by atoms with E-state index < -0.39 is 12.1 Å². The van der Waals surface area contributed by atoms with E-state index in [1.807, 2.05) is 66.9 Å². The average Bonchev–Trinajstić information content (AvgIpc) is 3.56. The minimum absolute atomic E-state index is 0.160. The highest BCUT2D eigenvalue weighted by Crippen LogP contribution is 2.23. The van der Waals surface area contributed by atoms with Crippen molar-refractivity contribution in [1.82, 2.24) is 20.3 Å². The number of aliphatic carboxylic acids is 1. The number of carboxylic acids is 1. The SMILES string of the molecule is CC(=O)CCCCC[C@H](NC(=O)c1cc2ccccc2[nH]1)c1ncc(-c2ccccc2)[nH]1.O=C(O)C(F)(F)F. The number of imidazole rings is 1. The lowest BCUT2D eigenvalue weighted by atomic mass is 10.1. The number of aromatic amines is 2. The minimum atomic E-state index is -5.08. The Kier molecular flexibility index (Phi) is 10.0. The first-order valence-corrected chi connectivity index (χ1v) is 12.3. The molecule has 0 aliphatic heterocycles. The molecule has 0 unspecified atom stereocenters. The van der Waals surface area contributed by atoms with E-state index in [1.54, 1.807) is 6.92 Å². The molecule has 1 atom stereocenters. The van der Waals surface area contributed by atoms with Crippen molar-refractivity contribution in [1.29, 1.82) is 0 Å². The smallest absolute Gasteiger partial charge is 0.475 e. The van der Waals surface area contributed by atoms with Crippen LogP contribution in [0.15, 0.2) is 66.9 Å². The fourth-order valence-electron chi connectivity index (χ4n) is 3.89. The fraction of sp³-hybridized carbons (Fsp3) is 0.286. The average molecular weight is 543 g/mol. The maximum Gasteiger partial charge on any atom is 0.490 e. The van der Waals surface area contributed by atoms with Gasteiger partial charge in [0.05, 0.1) is 17.9 Å². The van der Waals surface area contributed by atoms with Crippen LogP contribution in [0.3, 0.4) is 0 Å². The molecular weight excluding hydrogens is 513 g/mol. The number of carboxylic acid groups (broad SMARTS) is 1. The zero-order chi connectivity index (χ0) is 28.4. The molecule has 2 heterocycles. The molecule has 2 aromatic heterocycles. The molecule has 0 bridgehead atoms. The number of rotatable bonds is 10. The third-order valence-electron chi connectivity index (χ3n) is 5.85. The molecule has 0 aliphatic carbocycles. The van der Waals surface area contributed by atoms with Crippen molar-refractivity contribution in [2.45, 2.75) is 51.2 Å². The lowest BCUT2D eigenvalue weighted by Crippen LogP contribution is -2.29. The highest BCUT2D eigenvalue weighted by Gasteiger charge is 2.38. The first-order chi connectivity index (χ1) is 18.5. The van der Waals surface area contributed by atoms with Crippen molar-refractivity contribution in [3.63, 3.8) is 0 Å². The highest BCUT2D eigenvalue weighted by molar-refractivity contribution is 5.98. The third kappa shape index (κ3) is 8.84. The molecule has 1 amide bonds. The van der Waals surface area contributed by atoms with E-state index in [2.05, 4.69) is 20.3 Å². The predicted octanol–water partition coefficient (Wildman–Crippen LogP) is 6.20. The second-order valence-corrected chi connectivity index (χ2v) is 8.95. The molecule has 0 spiro atoms. The van der Waals surface area contributed by atoms with Gasteiger partial charge < -0.3 is 25.2 Å². The van der Waals surface area contributed by atoms with E-state index in [0.717, 1.165) is 53.7 Å². The van der Waals surface area contributed by atoms with Crippen LogP contribution in [0.4, 0.5) is 13.2 Å². The van der Waals surface area contributed by atoms with Gasteiger partial charge in [0.25, 0.3) is 5.91 Å². The first-order valence-electron chi connectivity index (χ1n) is 12.3. The number of benzene rings is 2. The van der Waals surface area contributed by atoms with E-state index in [9.17, 15) is 22.8 Å². The van der Waals surface area contributed by atoms with E-state index in [0.29, 0.717) is 12.1 Å². The van der Waals surface area contributed by atoms with Gasteiger partial charge in [-0.3, -0.25) is 4.79 Å². The van der Waals surface area contributed by atoms with Gasteiger partial charge in [0, 0.05) is 17.3 Å². The molecule has 0 saturated heterocycles. The quantitative estimate of drug-likeness (QED) is 0.177. The summed E-state index contributed by atoms with van der Waals surface area (Å²) >= 11 is 0. The maximum absolute atomic E-state index is 13.0. The van der Waals surface area contributed by atoms with Crippen molar-refractivity contribution < 1.29 is 32.7 Å². The molecule has 4 aromatic rings. The number of H-pyrrole nitrogens is 2. The number of unbranched alkanes of at least 4 members (excludes halogenated alkanes) is 2. The third-order valence-corrected chi connectivity index (χ3v) is 5.85. The summed E-state index contributed by atoms with van der Waals surface area (Å²) < 4.78 is 31.7. The maximum atomic E-state index is 13.0. The van der Waals surface area contributed by atoms with Crippen LogP contribution in [0.1, 0.15) is 61.4 Å². The highest BCUT2D eigenvalue weighted by atomic mass is 19.4. The van der Waals surface area contributed by atoms with Crippen molar-refractivity contribution in [2.75, 3.05) is 0 Å². The summed E-state index contributed by atoms with van der Waals surface area (Å²) in [6, 6.07) is 19.5. The van der Waals surface area contributed by atoms with Crippen LogP contribution >= 0.6 is 0 Å². The number of Topliss-reactive ketones (excluding diaryl/α,β-unsaturated/α-hetero) is 1. The zero-order valence-electron chi connectivity index (χ0n) is 21.2. The van der Waals surface area contributed by atoms with Crippen LogP contribution in [-0.2, 0) is 9.59 Å². The Balaban J connectivity index is 0.000000532. The van der Waals surface area contributed by atoms with E-state index in [-0.39, 0.29) is 17.7 Å². The lowest BCUT2D eigenvalue weighted by Gasteiger charge is -2.16. The molecule has 11 heteroatoms. The van der Waals surface area contributed by atoms with Gasteiger partial charge in [-0.15, -0.1) is 0 Å². The second kappa shape index (κ2) is 13.4. The van der Waals surface area contributed by atoms with Crippen LogP contribution in [0.25, 0.3) is 22.2 Å². The standard InChI is InChI=1S/C26H28N4O2.C2HF3O2/c1-18(31)10-4-2-7-15-22(25-27-17-24(29-25)19-11-5-3-6-12-19)30-26(32)23-16-20-13-8-9-14-21(20)28-23;3-2(4,5)1(6)7/h3,5-6,8-9,11-14,16-17,22,28H,2,4,7,10,15H2,1H3,(H,27,29)(H,30,32);(H,6,7)/t22-;/m0./s1. The Hall–Kier alpha value is -4.41. The molecule has 4 N–H and O–H groups in total. The van der Waals surface area contributed by atoms with Gasteiger partial charge >= 0.3 is 12.1 Å². The van der Waals surface area contributed by atoms with Gasteiger partial charge in [0.2, 0.25) is 0 Å². The van der Waals surface area contributed by atoms with Crippen LogP contribution in [0.2, 0.25) is 0 Å². The molecule has 0 aliphatic rings. The zero-order valence-corrected chi connectivity index (χ0v) is 21.2. The molecule has 0 radical (unpaired) electrons. The number of hydrogen-bond acceptors (Lipinski definition) is 4. The fourth-order valence-corrected chi connectivity index (χ4v) is 3.89. The number of carbonyl (C=O) groups is 3. The largest absolute Gasteiger partial charge is 0.490 e. The molecule has 2 aromatic carbocycles. The summed E-state index contributed by atoms with van der Waals surface area (Å²) in [5.74, 6) is -1.97. The number of carbonyl (C=O) groups excluding carboxylic acids is 2. The summed E-state index contributed by atoms with van der Waals surface area (Å²) in [4.78, 5) is 44.3. The summed E-state index contributed by atoms with van der Waals surface area (Å²) in [6.07, 6.45) is 0.765. The van der Waals surface area contributed by atoms with Crippen LogP contribution in [0, 0.1) is 0 Å². The Morgan fingerprint density at radius 3 is 2.28 bits per heavy atom. The van der Waals surface area contributed by atoms with Crippen molar-refractivity contribution >= 4 is 28.6 Å². The normalized spacial score (nSPS) is 11.9. The predicted molar refractivity (Wildman–Crippen MR) is 140 cm³/mol. The number of aromatic nitrogens is 3. The number of ketones is 1. The summed E-state index contributed by atoms with van der Waals surface area (Å²) in [6.45, 7) is 1.62. The number of nitrogens with zero attached hydrogens (tertiary/aromatic N) is 1. The molecule has 4 rings (SSSR count). The van der Waals surface area contributed by atoms with Crippen molar-refractivity contribution in [2.24, 2.45) is 0 Å². The van der Waals surface area contributed by atoms with E-state index in [4.69, 9.17) is 9.90 Å². The monoisotopic (exact) mass is 542 g/mol. The van der Waals surface area contributed by atoms with E-state index in [1.165, 1.54) is 0 Å². The number of nitrogens with one attached hydrogen (secondary N) is 3. The Morgan fingerprint density at radius 1 is 0.974 bits per heavy atom. The molecule has 39 heavy (non-hydrogen) atoms. The van der Waals surface area contributed by atoms with Crippen LogP contribution < -0.4 is 5.32 Å². The van der Waals surface area contributed by atoms with Gasteiger partial charge in [-0.05, 0) is 37.5 Å². The second-order valence-electron chi connectivity index (χ2n) is 8.95. The number of alkyl halides is 3. The van der Waals surface area contributed by atoms with E-state index >= 15 is 0 Å². The molecule has 206 valence electrons. The number of halogens is 3. The molecular formula is C28H29F3N4O4. The number of hydrogen-bond donors (Lipinski definition) is 4. The molecule has 8 nitrogen and oxygen atoms in total. The number of amides is 1. The van der Waals surface area contributed by atoms with Gasteiger partial charge in [0.1, 0.15) is 17.3 Å². The van der Waals surface area contributed by atoms with Crippen molar-refractivity contribution in [3.05, 3.63) is 78.4 Å². The van der Waals surface area contributed by atoms with Gasteiger partial charge in [-0.1, -0.05) is 61.4 Å². The first kappa shape index (κ1) is 29.2. The minimum Gasteiger partial charge on any atom is -0.475 e. The summed E-state index contributed by atoms with van der Waals surface area (Å²) in [7, 11) is 0. The topological polar surface area (TPSA) is 128 Å². The van der Waals surface area contributed by atoms with Crippen molar-refractivity contribution in [3.8, 4) is 11.3 Å². The van der Waals surface area contributed by atoms with Gasteiger partial charge in [-0.25, -0.2) is 9.78 Å². The van der Waals surface area contributed by atoms with Gasteiger partial charge in [-0.2, -0.15) is 13.2 Å². The molecule has 0 saturated carbocycles. The summed E-state index contributed by atoms with van der Waals surface area (Å²) in [5.41, 5.74) is 3.43. The van der Waals surface area contributed by atoms with Crippen LogP contribution in [-0.4, -0.2) is 43.9 Å². The Labute approximate surface area is 222 Å². The lowest BCUT2D eigenvalue weighted by molar-refractivity contribution is -0.192. The number of fused-ring (bicyclic) bond motifs is 1. The Bertz CT molecular complexity index is 1360. The van der Waals surface area contributed by atoms with Crippen LogP contribution in [0.5, 0.6) is 0 Å². The number of para-hydroxylation sites is 1. The summed E-state index contributed by atoms with van der Waals surface area (Å²) in [5, 5.41) is 11.3. The van der Waals surface area contributed by atoms with Gasteiger partial charge in [0.15, 0.2) is 0 Å².